The average Bonchev–Trinajstić information content (AvgIpc) is 3.01. The molecule has 3 aliphatic rings. The highest BCUT2D eigenvalue weighted by Gasteiger charge is 2.50. The SMILES string of the molecule is CC[C@H](NC(=O)N1c2ccc(OC)cc2C(C)=CC1(C)C)N1C(=O)[C@H]2CCCC[C@H]2C1=O. The van der Waals surface area contributed by atoms with Crippen LogP contribution in [0.5, 0.6) is 5.75 Å². The van der Waals surface area contributed by atoms with Crippen molar-refractivity contribution < 1.29 is 19.1 Å². The molecule has 1 N–H and O–H groups in total. The number of rotatable bonds is 4. The lowest BCUT2D eigenvalue weighted by Crippen LogP contribution is -2.59. The third kappa shape index (κ3) is 3.57. The molecular formula is C25H33N3O4. The highest BCUT2D eigenvalue weighted by molar-refractivity contribution is 6.06. The van der Waals surface area contributed by atoms with Crippen molar-refractivity contribution in [1.82, 2.24) is 10.2 Å². The van der Waals surface area contributed by atoms with Crippen LogP contribution in [0.2, 0.25) is 0 Å². The summed E-state index contributed by atoms with van der Waals surface area (Å²) in [7, 11) is 1.62. The molecule has 2 aliphatic heterocycles. The molecule has 7 nitrogen and oxygen atoms in total. The van der Waals surface area contributed by atoms with Gasteiger partial charge in [0.15, 0.2) is 0 Å². The number of fused-ring (bicyclic) bond motifs is 2. The molecule has 0 radical (unpaired) electrons. The van der Waals surface area contributed by atoms with Gasteiger partial charge in [-0.1, -0.05) is 25.8 Å². The van der Waals surface area contributed by atoms with Crippen molar-refractivity contribution in [3.05, 3.63) is 29.8 Å². The van der Waals surface area contributed by atoms with Crippen LogP contribution in [0, 0.1) is 11.8 Å². The Hall–Kier alpha value is -2.83. The lowest BCUT2D eigenvalue weighted by molar-refractivity contribution is -0.143. The molecule has 0 aromatic heterocycles. The van der Waals surface area contributed by atoms with Crippen LogP contribution in [0.1, 0.15) is 65.4 Å². The number of nitrogens with one attached hydrogen (secondary N) is 1. The molecule has 2 heterocycles. The summed E-state index contributed by atoms with van der Waals surface area (Å²) in [5, 5.41) is 3.00. The van der Waals surface area contributed by atoms with Crippen LogP contribution in [0.4, 0.5) is 10.5 Å². The molecule has 1 aromatic rings. The molecule has 1 aliphatic carbocycles. The van der Waals surface area contributed by atoms with Crippen LogP contribution >= 0.6 is 0 Å². The van der Waals surface area contributed by atoms with Gasteiger partial charge in [0.2, 0.25) is 11.8 Å². The Kier molecular flexibility index (Phi) is 5.77. The van der Waals surface area contributed by atoms with Crippen molar-refractivity contribution in [1.29, 1.82) is 0 Å². The monoisotopic (exact) mass is 439 g/mol. The molecule has 0 spiro atoms. The Labute approximate surface area is 189 Å². The zero-order valence-electron chi connectivity index (χ0n) is 19.6. The van der Waals surface area contributed by atoms with E-state index in [1.54, 1.807) is 12.0 Å². The van der Waals surface area contributed by atoms with E-state index < -0.39 is 11.7 Å². The average molecular weight is 440 g/mol. The number of allylic oxidation sites excluding steroid dienone is 1. The van der Waals surface area contributed by atoms with Gasteiger partial charge < -0.3 is 10.1 Å². The number of hydrogen-bond acceptors (Lipinski definition) is 4. The summed E-state index contributed by atoms with van der Waals surface area (Å²) in [4.78, 5) is 42.8. The number of methoxy groups -OCH3 is 1. The maximum atomic E-state index is 13.6. The molecule has 7 heteroatoms. The first-order valence-corrected chi connectivity index (χ1v) is 11.5. The van der Waals surface area contributed by atoms with Crippen molar-refractivity contribution in [3.8, 4) is 5.75 Å². The molecule has 2 fully saturated rings. The summed E-state index contributed by atoms with van der Waals surface area (Å²) in [6.07, 6.45) is 5.33. The summed E-state index contributed by atoms with van der Waals surface area (Å²) in [6.45, 7) is 7.86. The Morgan fingerprint density at radius 3 is 2.38 bits per heavy atom. The number of imide groups is 1. The van der Waals surface area contributed by atoms with Gasteiger partial charge in [0, 0.05) is 5.56 Å². The lowest BCUT2D eigenvalue weighted by atomic mass is 9.81. The predicted octanol–water partition coefficient (Wildman–Crippen LogP) is 4.32. The second-order valence-corrected chi connectivity index (χ2v) is 9.62. The van der Waals surface area contributed by atoms with Crippen molar-refractivity contribution in [2.75, 3.05) is 12.0 Å². The van der Waals surface area contributed by atoms with Gasteiger partial charge in [-0.2, -0.15) is 0 Å². The predicted molar refractivity (Wildman–Crippen MR) is 123 cm³/mol. The van der Waals surface area contributed by atoms with E-state index in [4.69, 9.17) is 4.74 Å². The second kappa shape index (κ2) is 8.26. The van der Waals surface area contributed by atoms with E-state index in [0.29, 0.717) is 6.42 Å². The smallest absolute Gasteiger partial charge is 0.324 e. The molecule has 172 valence electrons. The third-order valence-electron chi connectivity index (χ3n) is 7.08. The molecule has 0 unspecified atom stereocenters. The summed E-state index contributed by atoms with van der Waals surface area (Å²) >= 11 is 0. The molecule has 1 saturated carbocycles. The van der Waals surface area contributed by atoms with Gasteiger partial charge in [-0.3, -0.25) is 19.4 Å². The van der Waals surface area contributed by atoms with Crippen LogP contribution in [0.25, 0.3) is 5.57 Å². The number of amides is 4. The van der Waals surface area contributed by atoms with Gasteiger partial charge in [0.1, 0.15) is 11.9 Å². The van der Waals surface area contributed by atoms with Crippen LogP contribution in [0.3, 0.4) is 0 Å². The Morgan fingerprint density at radius 1 is 1.19 bits per heavy atom. The number of carbonyl (C=O) groups excluding carboxylic acids is 3. The number of hydrogen-bond donors (Lipinski definition) is 1. The fraction of sp³-hybridized carbons (Fsp3) is 0.560. The van der Waals surface area contributed by atoms with E-state index in [-0.39, 0.29) is 29.7 Å². The molecule has 4 amide bonds. The molecule has 4 rings (SSSR count). The van der Waals surface area contributed by atoms with Crippen molar-refractivity contribution in [3.63, 3.8) is 0 Å². The molecular weight excluding hydrogens is 406 g/mol. The van der Waals surface area contributed by atoms with Crippen LogP contribution in [-0.4, -0.2) is 41.6 Å². The second-order valence-electron chi connectivity index (χ2n) is 9.62. The number of urea groups is 1. The Bertz CT molecular complexity index is 959. The standard InChI is InChI=1S/C25H33N3O4/c1-6-21(27-22(29)17-9-7-8-10-18(17)23(27)30)26-24(31)28-20-12-11-16(32-5)13-19(20)15(2)14-25(28,3)4/h11-14,17-18,21H,6-10H2,1-5H3,(H,26,31)/t17-,18+,21-/m1/s1. The number of carbonyl (C=O) groups is 3. The van der Waals surface area contributed by atoms with Crippen molar-refractivity contribution in [2.24, 2.45) is 11.8 Å². The first-order chi connectivity index (χ1) is 15.2. The third-order valence-corrected chi connectivity index (χ3v) is 7.08. The minimum absolute atomic E-state index is 0.134. The van der Waals surface area contributed by atoms with Gasteiger partial charge in [-0.25, -0.2) is 4.79 Å². The van der Waals surface area contributed by atoms with E-state index in [0.717, 1.165) is 48.3 Å². The molecule has 3 atom stereocenters. The van der Waals surface area contributed by atoms with Crippen LogP contribution in [0.15, 0.2) is 24.3 Å². The van der Waals surface area contributed by atoms with E-state index in [9.17, 15) is 14.4 Å². The highest BCUT2D eigenvalue weighted by Crippen LogP contribution is 2.41. The first kappa shape index (κ1) is 22.4. The van der Waals surface area contributed by atoms with Gasteiger partial charge in [-0.15, -0.1) is 0 Å². The van der Waals surface area contributed by atoms with Crippen LogP contribution < -0.4 is 15.0 Å². The minimum atomic E-state index is -0.655. The van der Waals surface area contributed by atoms with E-state index in [1.165, 1.54) is 4.90 Å². The highest BCUT2D eigenvalue weighted by atomic mass is 16.5. The first-order valence-electron chi connectivity index (χ1n) is 11.5. The van der Waals surface area contributed by atoms with Crippen LogP contribution in [-0.2, 0) is 9.59 Å². The fourth-order valence-electron chi connectivity index (χ4n) is 5.56. The number of anilines is 1. The van der Waals surface area contributed by atoms with Crippen molar-refractivity contribution in [2.45, 2.75) is 71.5 Å². The van der Waals surface area contributed by atoms with Gasteiger partial charge in [0.25, 0.3) is 0 Å². The fourth-order valence-corrected chi connectivity index (χ4v) is 5.56. The van der Waals surface area contributed by atoms with Gasteiger partial charge >= 0.3 is 6.03 Å². The lowest BCUT2D eigenvalue weighted by Gasteiger charge is -2.42. The quantitative estimate of drug-likeness (QED) is 0.709. The number of nitrogens with zero attached hydrogens (tertiary/aromatic N) is 2. The van der Waals surface area contributed by atoms with E-state index in [1.807, 2.05) is 45.9 Å². The Balaban J connectivity index is 1.62. The van der Waals surface area contributed by atoms with Crippen molar-refractivity contribution >= 4 is 29.1 Å². The summed E-state index contributed by atoms with van der Waals surface area (Å²) in [5.41, 5.74) is 2.18. The molecule has 1 aromatic carbocycles. The minimum Gasteiger partial charge on any atom is -0.497 e. The summed E-state index contributed by atoms with van der Waals surface area (Å²) in [5.74, 6) is -0.00469. The summed E-state index contributed by atoms with van der Waals surface area (Å²) < 4.78 is 5.37. The van der Waals surface area contributed by atoms with Gasteiger partial charge in [-0.05, 0) is 63.8 Å². The largest absolute Gasteiger partial charge is 0.497 e. The molecule has 1 saturated heterocycles. The number of benzene rings is 1. The van der Waals surface area contributed by atoms with E-state index in [2.05, 4.69) is 11.4 Å². The maximum Gasteiger partial charge on any atom is 0.324 e. The number of ether oxygens (including phenoxy) is 1. The number of likely N-dealkylation sites (tertiary alicyclic amines) is 1. The summed E-state index contributed by atoms with van der Waals surface area (Å²) in [6, 6.07) is 5.32. The van der Waals surface area contributed by atoms with E-state index >= 15 is 0 Å². The maximum absolute atomic E-state index is 13.6. The normalized spacial score (nSPS) is 25.1. The zero-order valence-corrected chi connectivity index (χ0v) is 19.6. The zero-order chi connectivity index (χ0) is 23.2. The Morgan fingerprint density at radius 2 is 1.81 bits per heavy atom. The van der Waals surface area contributed by atoms with Gasteiger partial charge in [0.05, 0.1) is 30.2 Å². The molecule has 0 bridgehead atoms. The topological polar surface area (TPSA) is 79.0 Å². The molecule has 32 heavy (non-hydrogen) atoms.